The summed E-state index contributed by atoms with van der Waals surface area (Å²) in [5.74, 6) is -0.685. The minimum Gasteiger partial charge on any atom is -0.872 e. The molecule has 3 nitrogen and oxygen atoms in total. The van der Waals surface area contributed by atoms with Gasteiger partial charge in [0.1, 0.15) is 0 Å². The smallest absolute Gasteiger partial charge is 0.199 e. The first-order valence-electron chi connectivity index (χ1n) is 5.54. The van der Waals surface area contributed by atoms with Gasteiger partial charge in [-0.2, -0.15) is 0 Å². The van der Waals surface area contributed by atoms with Crippen molar-refractivity contribution in [1.82, 2.24) is 0 Å². The molecule has 0 spiro atoms. The van der Waals surface area contributed by atoms with Crippen molar-refractivity contribution in [2.24, 2.45) is 0 Å². The van der Waals surface area contributed by atoms with Crippen LogP contribution >= 0.6 is 23.2 Å². The SMILES string of the molecule is O=S(=O)(/C=C(\[O-])c1ccc(Cl)cc1Cl)c1ccccc1. The fraction of sp³-hybridized carbons (Fsp3) is 0. The van der Waals surface area contributed by atoms with Crippen LogP contribution in [0.2, 0.25) is 10.0 Å². The summed E-state index contributed by atoms with van der Waals surface area (Å²) in [5.41, 5.74) is 0.0931. The van der Waals surface area contributed by atoms with Gasteiger partial charge in [0.15, 0.2) is 9.84 Å². The highest BCUT2D eigenvalue weighted by Gasteiger charge is 2.10. The van der Waals surface area contributed by atoms with Crippen LogP contribution in [0.5, 0.6) is 0 Å². The van der Waals surface area contributed by atoms with E-state index in [0.29, 0.717) is 10.4 Å². The molecule has 2 aromatic rings. The molecule has 0 bridgehead atoms. The predicted molar refractivity (Wildman–Crippen MR) is 78.1 cm³/mol. The van der Waals surface area contributed by atoms with Crippen LogP contribution in [0.3, 0.4) is 0 Å². The molecular weight excluding hydrogens is 319 g/mol. The fourth-order valence-electron chi connectivity index (χ4n) is 1.57. The maximum Gasteiger partial charge on any atom is 0.199 e. The number of rotatable bonds is 3. The number of hydrogen-bond acceptors (Lipinski definition) is 3. The Balaban J connectivity index is 2.45. The summed E-state index contributed by atoms with van der Waals surface area (Å²) in [6.07, 6.45) is 0. The summed E-state index contributed by atoms with van der Waals surface area (Å²) in [7, 11) is -3.80. The van der Waals surface area contributed by atoms with Crippen LogP contribution in [0.25, 0.3) is 5.76 Å². The first-order valence-corrected chi connectivity index (χ1v) is 7.84. The van der Waals surface area contributed by atoms with E-state index >= 15 is 0 Å². The Morgan fingerprint density at radius 1 is 1.05 bits per heavy atom. The first kappa shape index (κ1) is 14.9. The van der Waals surface area contributed by atoms with Crippen LogP contribution in [-0.2, 0) is 9.84 Å². The van der Waals surface area contributed by atoms with Gasteiger partial charge >= 0.3 is 0 Å². The second-order valence-corrected chi connectivity index (χ2v) is 6.61. The molecule has 0 amide bonds. The molecule has 0 N–H and O–H groups in total. The van der Waals surface area contributed by atoms with E-state index in [1.807, 2.05) is 0 Å². The van der Waals surface area contributed by atoms with Crippen LogP contribution in [0, 0.1) is 0 Å². The van der Waals surface area contributed by atoms with Crippen LogP contribution in [-0.4, -0.2) is 8.42 Å². The summed E-state index contributed by atoms with van der Waals surface area (Å²) < 4.78 is 24.1. The van der Waals surface area contributed by atoms with Gasteiger partial charge in [0.05, 0.1) is 4.90 Å². The van der Waals surface area contributed by atoms with Gasteiger partial charge in [-0.15, -0.1) is 0 Å². The maximum absolute atomic E-state index is 12.0. The lowest BCUT2D eigenvalue weighted by atomic mass is 10.2. The van der Waals surface area contributed by atoms with Gasteiger partial charge in [-0.05, 0) is 29.8 Å². The average Bonchev–Trinajstić information content (AvgIpc) is 2.39. The summed E-state index contributed by atoms with van der Waals surface area (Å²) in [4.78, 5) is 0.0541. The highest BCUT2D eigenvalue weighted by molar-refractivity contribution is 7.94. The van der Waals surface area contributed by atoms with Crippen molar-refractivity contribution >= 4 is 38.8 Å². The molecule has 2 aromatic carbocycles. The molecule has 0 aliphatic rings. The van der Waals surface area contributed by atoms with E-state index < -0.39 is 15.6 Å². The fourth-order valence-corrected chi connectivity index (χ4v) is 3.15. The highest BCUT2D eigenvalue weighted by atomic mass is 35.5. The van der Waals surface area contributed by atoms with Crippen molar-refractivity contribution in [3.05, 3.63) is 69.5 Å². The van der Waals surface area contributed by atoms with Gasteiger partial charge in [-0.1, -0.05) is 53.2 Å². The molecule has 0 radical (unpaired) electrons. The van der Waals surface area contributed by atoms with Gasteiger partial charge in [0.2, 0.25) is 0 Å². The lowest BCUT2D eigenvalue weighted by molar-refractivity contribution is -0.243. The number of halogens is 2. The highest BCUT2D eigenvalue weighted by Crippen LogP contribution is 2.25. The second-order valence-electron chi connectivity index (χ2n) is 3.96. The Morgan fingerprint density at radius 3 is 2.30 bits per heavy atom. The summed E-state index contributed by atoms with van der Waals surface area (Å²) in [6, 6.07) is 12.0. The van der Waals surface area contributed by atoms with Crippen molar-refractivity contribution < 1.29 is 13.5 Å². The molecule has 0 saturated heterocycles. The topological polar surface area (TPSA) is 57.2 Å². The third kappa shape index (κ3) is 3.33. The van der Waals surface area contributed by atoms with Crippen LogP contribution < -0.4 is 5.11 Å². The molecule has 6 heteroatoms. The molecule has 0 aromatic heterocycles. The van der Waals surface area contributed by atoms with E-state index in [1.54, 1.807) is 18.2 Å². The van der Waals surface area contributed by atoms with Crippen LogP contribution in [0.1, 0.15) is 5.56 Å². The Hall–Kier alpha value is -1.49. The standard InChI is InChI=1S/C14H10Cl2O3S/c15-10-6-7-12(13(16)8-10)14(17)9-20(18,19)11-4-2-1-3-5-11/h1-9,17H/p-1/b14-9-. The normalized spacial score (nSPS) is 12.4. The zero-order chi connectivity index (χ0) is 14.8. The lowest BCUT2D eigenvalue weighted by Crippen LogP contribution is -2.07. The Labute approximate surface area is 127 Å². The molecular formula is C14H9Cl2O3S-. The first-order chi connectivity index (χ1) is 9.40. The zero-order valence-electron chi connectivity index (χ0n) is 10.1. The number of hydrogen-bond donors (Lipinski definition) is 0. The zero-order valence-corrected chi connectivity index (χ0v) is 12.4. The Bertz CT molecular complexity index is 753. The third-order valence-electron chi connectivity index (χ3n) is 2.53. The quantitative estimate of drug-likeness (QED) is 0.814. The molecule has 2 rings (SSSR count). The second kappa shape index (κ2) is 5.87. The molecule has 0 fully saturated rings. The molecule has 0 atom stereocenters. The third-order valence-corrected chi connectivity index (χ3v) is 4.53. The predicted octanol–water partition coefficient (Wildman–Crippen LogP) is 3.13. The molecule has 0 saturated carbocycles. The molecule has 0 heterocycles. The van der Waals surface area contributed by atoms with Gasteiger partial charge in [0, 0.05) is 15.5 Å². The van der Waals surface area contributed by atoms with Crippen molar-refractivity contribution in [1.29, 1.82) is 0 Å². The maximum atomic E-state index is 12.0. The molecule has 104 valence electrons. The van der Waals surface area contributed by atoms with E-state index in [0.717, 1.165) is 0 Å². The molecule has 0 aliphatic heterocycles. The minimum atomic E-state index is -3.80. The molecule has 0 aliphatic carbocycles. The van der Waals surface area contributed by atoms with Crippen molar-refractivity contribution in [3.8, 4) is 0 Å². The monoisotopic (exact) mass is 327 g/mol. The van der Waals surface area contributed by atoms with E-state index in [9.17, 15) is 13.5 Å². The van der Waals surface area contributed by atoms with Gasteiger partial charge in [-0.3, -0.25) is 0 Å². The van der Waals surface area contributed by atoms with Crippen molar-refractivity contribution in [3.63, 3.8) is 0 Å². The summed E-state index contributed by atoms with van der Waals surface area (Å²) >= 11 is 11.6. The van der Waals surface area contributed by atoms with Gasteiger partial charge < -0.3 is 5.11 Å². The van der Waals surface area contributed by atoms with E-state index in [1.165, 1.54) is 30.3 Å². The average molecular weight is 328 g/mol. The largest absolute Gasteiger partial charge is 0.872 e. The van der Waals surface area contributed by atoms with Crippen LogP contribution in [0.4, 0.5) is 0 Å². The summed E-state index contributed by atoms with van der Waals surface area (Å²) in [5, 5.41) is 13.2. The van der Waals surface area contributed by atoms with Crippen LogP contribution in [0.15, 0.2) is 58.8 Å². The van der Waals surface area contributed by atoms with E-state index in [4.69, 9.17) is 23.2 Å². The lowest BCUT2D eigenvalue weighted by Gasteiger charge is -2.14. The molecule has 0 unspecified atom stereocenters. The number of sulfone groups is 1. The van der Waals surface area contributed by atoms with Crippen molar-refractivity contribution in [2.45, 2.75) is 4.90 Å². The minimum absolute atomic E-state index is 0.0541. The Morgan fingerprint density at radius 2 is 1.70 bits per heavy atom. The van der Waals surface area contributed by atoms with Gasteiger partial charge in [-0.25, -0.2) is 8.42 Å². The summed E-state index contributed by atoms with van der Waals surface area (Å²) in [6.45, 7) is 0. The van der Waals surface area contributed by atoms with E-state index in [2.05, 4.69) is 0 Å². The van der Waals surface area contributed by atoms with Gasteiger partial charge in [0.25, 0.3) is 0 Å². The van der Waals surface area contributed by atoms with Crippen molar-refractivity contribution in [2.75, 3.05) is 0 Å². The Kier molecular flexibility index (Phi) is 4.38. The van der Waals surface area contributed by atoms with E-state index in [-0.39, 0.29) is 15.5 Å². The molecule has 20 heavy (non-hydrogen) atoms. The number of benzene rings is 2.